The number of hydrogen-bond donors (Lipinski definition) is 1. The second-order valence-electron chi connectivity index (χ2n) is 3.78. The zero-order valence-corrected chi connectivity index (χ0v) is 11.8. The van der Waals surface area contributed by atoms with Gasteiger partial charge in [0.15, 0.2) is 0 Å². The smallest absolute Gasteiger partial charge is 0.0702 e. The third kappa shape index (κ3) is 2.56. The van der Waals surface area contributed by atoms with Crippen LogP contribution in [0.4, 0.5) is 0 Å². The van der Waals surface area contributed by atoms with Crippen LogP contribution in [0.3, 0.4) is 0 Å². The number of aromatic nitrogens is 1. The number of hydrogen-bond acceptors (Lipinski definition) is 2. The predicted octanol–water partition coefficient (Wildman–Crippen LogP) is 3.64. The van der Waals surface area contributed by atoms with Crippen molar-refractivity contribution < 1.29 is 0 Å². The summed E-state index contributed by atoms with van der Waals surface area (Å²) in [4.78, 5) is 1.37. The Morgan fingerprint density at radius 2 is 2.25 bits per heavy atom. The van der Waals surface area contributed by atoms with Crippen LogP contribution in [0.1, 0.15) is 23.5 Å². The van der Waals surface area contributed by atoms with E-state index in [9.17, 15) is 0 Å². The van der Waals surface area contributed by atoms with E-state index < -0.39 is 0 Å². The van der Waals surface area contributed by atoms with Crippen LogP contribution < -0.4 is 5.32 Å². The van der Waals surface area contributed by atoms with Crippen LogP contribution in [0, 0.1) is 0 Å². The second-order valence-corrected chi connectivity index (χ2v) is 6.32. The molecule has 0 aliphatic carbocycles. The molecular weight excluding hydrogens is 284 g/mol. The van der Waals surface area contributed by atoms with Crippen molar-refractivity contribution >= 4 is 27.3 Å². The van der Waals surface area contributed by atoms with Crippen molar-refractivity contribution in [2.24, 2.45) is 0 Å². The van der Waals surface area contributed by atoms with Crippen molar-refractivity contribution in [1.82, 2.24) is 9.88 Å². The van der Waals surface area contributed by atoms with Gasteiger partial charge in [-0.2, -0.15) is 0 Å². The van der Waals surface area contributed by atoms with Crippen LogP contribution in [0.2, 0.25) is 0 Å². The largest absolute Gasteiger partial charge is 0.345 e. The van der Waals surface area contributed by atoms with E-state index in [1.807, 2.05) is 7.05 Å². The summed E-state index contributed by atoms with van der Waals surface area (Å²) in [6.07, 6.45) is 2.14. The van der Waals surface area contributed by atoms with Gasteiger partial charge in [-0.25, -0.2) is 0 Å². The summed E-state index contributed by atoms with van der Waals surface area (Å²) >= 11 is 5.28. The summed E-state index contributed by atoms with van der Waals surface area (Å²) < 4.78 is 3.48. The van der Waals surface area contributed by atoms with Gasteiger partial charge in [0.25, 0.3) is 0 Å². The summed E-state index contributed by atoms with van der Waals surface area (Å²) in [5.74, 6) is 0. The quantitative estimate of drug-likeness (QED) is 0.912. The minimum atomic E-state index is 0.387. The minimum absolute atomic E-state index is 0.387. The molecule has 0 aliphatic rings. The molecule has 2 aromatic heterocycles. The Balaban J connectivity index is 2.18. The predicted molar refractivity (Wildman–Crippen MR) is 73.0 cm³/mol. The Kier molecular flexibility index (Phi) is 3.84. The molecule has 2 nitrogen and oxygen atoms in total. The monoisotopic (exact) mass is 298 g/mol. The van der Waals surface area contributed by atoms with Crippen LogP contribution in [-0.4, -0.2) is 11.6 Å². The molecular formula is C12H15BrN2S. The fourth-order valence-corrected chi connectivity index (χ4v) is 3.20. The summed E-state index contributed by atoms with van der Waals surface area (Å²) in [5, 5.41) is 3.27. The van der Waals surface area contributed by atoms with Gasteiger partial charge >= 0.3 is 0 Å². The molecule has 2 aromatic rings. The number of nitrogens with zero attached hydrogens (tertiary/aromatic N) is 1. The molecule has 1 unspecified atom stereocenters. The average molecular weight is 299 g/mol. The van der Waals surface area contributed by atoms with E-state index in [1.54, 1.807) is 11.3 Å². The molecule has 0 spiro atoms. The molecule has 2 heterocycles. The maximum Gasteiger partial charge on any atom is 0.0702 e. The third-order valence-electron chi connectivity index (χ3n) is 2.70. The maximum atomic E-state index is 3.49. The molecule has 16 heavy (non-hydrogen) atoms. The maximum absolute atomic E-state index is 3.49. The number of thiophene rings is 1. The highest BCUT2D eigenvalue weighted by Gasteiger charge is 2.08. The van der Waals surface area contributed by atoms with Gasteiger partial charge < -0.3 is 9.88 Å². The van der Waals surface area contributed by atoms with Gasteiger partial charge in [-0.3, -0.25) is 0 Å². The summed E-state index contributed by atoms with van der Waals surface area (Å²) in [6.45, 7) is 3.13. The molecule has 0 saturated carbocycles. The van der Waals surface area contributed by atoms with Gasteiger partial charge in [-0.15, -0.1) is 11.3 Å². The summed E-state index contributed by atoms with van der Waals surface area (Å²) in [5.41, 5.74) is 1.33. The van der Waals surface area contributed by atoms with Crippen molar-refractivity contribution in [2.45, 2.75) is 19.5 Å². The molecule has 86 valence electrons. The minimum Gasteiger partial charge on any atom is -0.345 e. The first-order valence-corrected chi connectivity index (χ1v) is 6.88. The van der Waals surface area contributed by atoms with Gasteiger partial charge in [-0.1, -0.05) is 0 Å². The Labute approximate surface area is 108 Å². The van der Waals surface area contributed by atoms with Crippen LogP contribution in [-0.2, 0) is 6.54 Å². The van der Waals surface area contributed by atoms with Crippen molar-refractivity contribution in [1.29, 1.82) is 0 Å². The standard InChI is InChI=1S/C12H15BrN2S/c1-9(14-2)11-4-3-7-15(11)8-10-5-6-12(13)16-10/h3-7,9,14H,8H2,1-2H3. The SMILES string of the molecule is CNC(C)c1cccn1Cc1ccc(Br)s1. The molecule has 1 atom stereocenters. The van der Waals surface area contributed by atoms with Crippen molar-refractivity contribution in [3.8, 4) is 0 Å². The van der Waals surface area contributed by atoms with Crippen LogP contribution in [0.5, 0.6) is 0 Å². The number of nitrogens with one attached hydrogen (secondary N) is 1. The molecule has 2 rings (SSSR count). The Hall–Kier alpha value is -0.580. The van der Waals surface area contributed by atoms with Gasteiger partial charge in [0.1, 0.15) is 0 Å². The lowest BCUT2D eigenvalue weighted by Gasteiger charge is -2.14. The zero-order valence-electron chi connectivity index (χ0n) is 9.40. The van der Waals surface area contributed by atoms with Gasteiger partial charge in [0.05, 0.1) is 10.3 Å². The van der Waals surface area contributed by atoms with Gasteiger partial charge in [0.2, 0.25) is 0 Å². The summed E-state index contributed by atoms with van der Waals surface area (Å²) in [7, 11) is 1.99. The molecule has 0 fully saturated rings. The molecule has 1 N–H and O–H groups in total. The first-order valence-electron chi connectivity index (χ1n) is 5.27. The van der Waals surface area contributed by atoms with E-state index >= 15 is 0 Å². The van der Waals surface area contributed by atoms with E-state index in [1.165, 1.54) is 14.4 Å². The van der Waals surface area contributed by atoms with Crippen LogP contribution in [0.25, 0.3) is 0 Å². The molecule has 0 saturated heterocycles. The highest BCUT2D eigenvalue weighted by molar-refractivity contribution is 9.11. The zero-order chi connectivity index (χ0) is 11.5. The van der Waals surface area contributed by atoms with Crippen molar-refractivity contribution in [3.63, 3.8) is 0 Å². The van der Waals surface area contributed by atoms with E-state index in [2.05, 4.69) is 63.2 Å². The van der Waals surface area contributed by atoms with E-state index in [0.29, 0.717) is 6.04 Å². The molecule has 0 amide bonds. The summed E-state index contributed by atoms with van der Waals surface area (Å²) in [6, 6.07) is 8.93. The van der Waals surface area contributed by atoms with Crippen LogP contribution >= 0.6 is 27.3 Å². The molecule has 4 heteroatoms. The lowest BCUT2D eigenvalue weighted by Crippen LogP contribution is -2.16. The van der Waals surface area contributed by atoms with E-state index in [4.69, 9.17) is 0 Å². The average Bonchev–Trinajstić information content (AvgIpc) is 2.87. The van der Waals surface area contributed by atoms with E-state index in [0.717, 1.165) is 6.54 Å². The van der Waals surface area contributed by atoms with Gasteiger partial charge in [0, 0.05) is 22.8 Å². The fourth-order valence-electron chi connectivity index (χ4n) is 1.72. The Morgan fingerprint density at radius 3 is 2.88 bits per heavy atom. The molecule has 0 bridgehead atoms. The lowest BCUT2D eigenvalue weighted by molar-refractivity contribution is 0.591. The lowest BCUT2D eigenvalue weighted by atomic mass is 10.2. The first kappa shape index (κ1) is 11.9. The van der Waals surface area contributed by atoms with Crippen LogP contribution in [0.15, 0.2) is 34.2 Å². The van der Waals surface area contributed by atoms with Gasteiger partial charge in [-0.05, 0) is 54.2 Å². The second kappa shape index (κ2) is 5.17. The normalized spacial score (nSPS) is 12.9. The number of halogens is 1. The van der Waals surface area contributed by atoms with Crippen molar-refractivity contribution in [2.75, 3.05) is 7.05 Å². The molecule has 0 aromatic carbocycles. The highest BCUT2D eigenvalue weighted by atomic mass is 79.9. The topological polar surface area (TPSA) is 17.0 Å². The fraction of sp³-hybridized carbons (Fsp3) is 0.333. The molecule has 0 aliphatic heterocycles. The highest BCUT2D eigenvalue weighted by Crippen LogP contribution is 2.24. The Morgan fingerprint density at radius 1 is 1.44 bits per heavy atom. The third-order valence-corrected chi connectivity index (χ3v) is 4.30. The molecule has 0 radical (unpaired) electrons. The van der Waals surface area contributed by atoms with E-state index in [-0.39, 0.29) is 0 Å². The first-order chi connectivity index (χ1) is 7.70. The van der Waals surface area contributed by atoms with Crippen molar-refractivity contribution in [3.05, 3.63) is 44.8 Å². The number of rotatable bonds is 4. The Bertz CT molecular complexity index is 461.